The van der Waals surface area contributed by atoms with Crippen LogP contribution in [-0.4, -0.2) is 84.3 Å². The van der Waals surface area contributed by atoms with Crippen molar-refractivity contribution in [2.24, 2.45) is 0 Å². The minimum absolute atomic E-state index is 0.0821. The molecule has 0 saturated carbocycles. The summed E-state index contributed by atoms with van der Waals surface area (Å²) in [5.41, 5.74) is 3.79. The van der Waals surface area contributed by atoms with Gasteiger partial charge in [0.1, 0.15) is 5.75 Å². The van der Waals surface area contributed by atoms with E-state index in [4.69, 9.17) is 9.47 Å². The Hall–Kier alpha value is -2.76. The maximum Gasteiger partial charge on any atom is 0.451 e. The van der Waals surface area contributed by atoms with Crippen molar-refractivity contribution in [2.75, 3.05) is 52.5 Å². The molecule has 1 aromatic heterocycles. The van der Waals surface area contributed by atoms with Gasteiger partial charge in [0.05, 0.1) is 18.8 Å². The highest BCUT2D eigenvalue weighted by atomic mass is 19.4. The van der Waals surface area contributed by atoms with Gasteiger partial charge in [-0.2, -0.15) is 13.2 Å². The molecule has 226 valence electrons. The normalized spacial score (nSPS) is 19.7. The van der Waals surface area contributed by atoms with E-state index in [1.807, 2.05) is 6.92 Å². The molecule has 3 heterocycles. The smallest absolute Gasteiger partial charge is 0.451 e. The minimum atomic E-state index is -4.63. The summed E-state index contributed by atoms with van der Waals surface area (Å²) in [5, 5.41) is 3.38. The molecule has 2 atom stereocenters. The summed E-state index contributed by atoms with van der Waals surface area (Å²) in [6.45, 7) is 12.0. The average Bonchev–Trinajstić information content (AvgIpc) is 2.97. The molecule has 1 N–H and O–H groups in total. The summed E-state index contributed by atoms with van der Waals surface area (Å²) in [7, 11) is 0. The second-order valence-electron chi connectivity index (χ2n) is 10.8. The number of piperazine rings is 1. The van der Waals surface area contributed by atoms with Gasteiger partial charge in [-0.15, -0.1) is 0 Å². The molecule has 4 rings (SSSR count). The lowest BCUT2D eigenvalue weighted by molar-refractivity contribution is -0.145. The standard InChI is InChI=1S/C30H42F3N5O3/c1-4-40-17-13-34-12-5-6-16-41-27-11-10-25(21(2)22(27)3)26-9-7-8-24-20-37(14-15-38(24)26)28(39)23-18-35-29(36-19-23)30(31,32)33/h10-11,18-19,24,26,34H,4-9,12-17,20H2,1-3H3/t24-,26+/m0/s1. The second-order valence-corrected chi connectivity index (χ2v) is 10.8. The van der Waals surface area contributed by atoms with Crippen LogP contribution in [0.2, 0.25) is 0 Å². The average molecular weight is 578 g/mol. The molecule has 2 aromatic rings. The predicted molar refractivity (Wildman–Crippen MR) is 150 cm³/mol. The molecule has 2 fully saturated rings. The van der Waals surface area contributed by atoms with E-state index in [-0.39, 0.29) is 23.6 Å². The van der Waals surface area contributed by atoms with E-state index in [2.05, 4.69) is 46.2 Å². The van der Waals surface area contributed by atoms with E-state index in [0.29, 0.717) is 26.2 Å². The van der Waals surface area contributed by atoms with Crippen LogP contribution < -0.4 is 10.1 Å². The van der Waals surface area contributed by atoms with Crippen LogP contribution in [-0.2, 0) is 10.9 Å². The lowest BCUT2D eigenvalue weighted by atomic mass is 9.86. The van der Waals surface area contributed by atoms with Crippen molar-refractivity contribution in [1.82, 2.24) is 25.1 Å². The van der Waals surface area contributed by atoms with Crippen LogP contribution in [0.15, 0.2) is 24.5 Å². The third-order valence-electron chi connectivity index (χ3n) is 8.15. The first kappa shape index (κ1) is 31.2. The number of piperidine rings is 1. The lowest BCUT2D eigenvalue weighted by Crippen LogP contribution is -2.57. The van der Waals surface area contributed by atoms with Crippen molar-refractivity contribution in [1.29, 1.82) is 0 Å². The molecule has 0 radical (unpaired) electrons. The molecule has 2 aliphatic heterocycles. The number of nitrogens with one attached hydrogen (secondary N) is 1. The molecule has 2 saturated heterocycles. The number of alkyl halides is 3. The topological polar surface area (TPSA) is 79.8 Å². The predicted octanol–water partition coefficient (Wildman–Crippen LogP) is 4.95. The highest BCUT2D eigenvalue weighted by molar-refractivity contribution is 5.93. The third-order valence-corrected chi connectivity index (χ3v) is 8.15. The summed E-state index contributed by atoms with van der Waals surface area (Å²) in [4.78, 5) is 24.0. The van der Waals surface area contributed by atoms with Crippen molar-refractivity contribution in [3.63, 3.8) is 0 Å². The van der Waals surface area contributed by atoms with Crippen LogP contribution in [0.5, 0.6) is 5.75 Å². The summed E-state index contributed by atoms with van der Waals surface area (Å²) in [6.07, 6.45) is 2.42. The first-order chi connectivity index (χ1) is 19.7. The van der Waals surface area contributed by atoms with E-state index in [1.54, 1.807) is 4.90 Å². The van der Waals surface area contributed by atoms with Gasteiger partial charge in [-0.05, 0) is 82.2 Å². The van der Waals surface area contributed by atoms with Gasteiger partial charge in [0.2, 0.25) is 5.82 Å². The Kier molecular flexibility index (Phi) is 11.0. The Morgan fingerprint density at radius 3 is 2.56 bits per heavy atom. The number of rotatable bonds is 12. The van der Waals surface area contributed by atoms with Crippen molar-refractivity contribution in [3.05, 3.63) is 52.6 Å². The molecule has 41 heavy (non-hydrogen) atoms. The Balaban J connectivity index is 1.31. The van der Waals surface area contributed by atoms with Gasteiger partial charge in [0.15, 0.2) is 0 Å². The molecule has 8 nitrogen and oxygen atoms in total. The van der Waals surface area contributed by atoms with Gasteiger partial charge in [-0.3, -0.25) is 9.69 Å². The minimum Gasteiger partial charge on any atom is -0.493 e. The zero-order valence-electron chi connectivity index (χ0n) is 24.3. The monoisotopic (exact) mass is 577 g/mol. The molecule has 0 aliphatic carbocycles. The summed E-state index contributed by atoms with van der Waals surface area (Å²) in [5.74, 6) is -0.634. The molecular formula is C30H42F3N5O3. The fraction of sp³-hybridized carbons (Fsp3) is 0.633. The third kappa shape index (κ3) is 7.96. The van der Waals surface area contributed by atoms with Crippen molar-refractivity contribution in [3.8, 4) is 5.75 Å². The quantitative estimate of drug-likeness (QED) is 0.358. The highest BCUT2D eigenvalue weighted by Gasteiger charge is 2.38. The number of aromatic nitrogens is 2. The van der Waals surface area contributed by atoms with Crippen LogP contribution >= 0.6 is 0 Å². The molecular weight excluding hydrogens is 535 g/mol. The molecule has 2 aliphatic rings. The second kappa shape index (κ2) is 14.4. The van der Waals surface area contributed by atoms with E-state index >= 15 is 0 Å². The van der Waals surface area contributed by atoms with Gasteiger partial charge < -0.3 is 19.7 Å². The lowest BCUT2D eigenvalue weighted by Gasteiger charge is -2.48. The fourth-order valence-corrected chi connectivity index (χ4v) is 5.82. The van der Waals surface area contributed by atoms with Crippen LogP contribution in [0.3, 0.4) is 0 Å². The summed E-state index contributed by atoms with van der Waals surface area (Å²) >= 11 is 0. The van der Waals surface area contributed by atoms with Gasteiger partial charge in [-0.1, -0.05) is 6.07 Å². The fourth-order valence-electron chi connectivity index (χ4n) is 5.82. The number of hydrogen-bond acceptors (Lipinski definition) is 7. The van der Waals surface area contributed by atoms with Crippen molar-refractivity contribution in [2.45, 2.75) is 71.1 Å². The Labute approximate surface area is 240 Å². The number of hydrogen-bond donors (Lipinski definition) is 1. The number of ether oxygens (including phenoxy) is 2. The van der Waals surface area contributed by atoms with Crippen molar-refractivity contribution < 1.29 is 27.4 Å². The zero-order chi connectivity index (χ0) is 29.4. The molecule has 0 spiro atoms. The molecule has 1 amide bonds. The van der Waals surface area contributed by atoms with Crippen molar-refractivity contribution >= 4 is 5.91 Å². The zero-order valence-corrected chi connectivity index (χ0v) is 24.3. The highest BCUT2D eigenvalue weighted by Crippen LogP contribution is 2.39. The Morgan fingerprint density at radius 1 is 1.05 bits per heavy atom. The SMILES string of the molecule is CCOCCNCCCCOc1ccc([C@H]2CCC[C@H]3CN(C(=O)c4cnc(C(F)(F)F)nc4)CCN32)c(C)c1C. The maximum atomic E-state index is 13.0. The van der Waals surface area contributed by atoms with E-state index in [1.165, 1.54) is 11.1 Å². The van der Waals surface area contributed by atoms with Crippen LogP contribution in [0.1, 0.15) is 77.9 Å². The van der Waals surface area contributed by atoms with E-state index in [9.17, 15) is 18.0 Å². The summed E-state index contributed by atoms with van der Waals surface area (Å²) < 4.78 is 49.9. The number of benzene rings is 1. The molecule has 0 unspecified atom stereocenters. The van der Waals surface area contributed by atoms with Gasteiger partial charge >= 0.3 is 6.18 Å². The summed E-state index contributed by atoms with van der Waals surface area (Å²) in [6, 6.07) is 4.74. The number of carbonyl (C=O) groups excluding carboxylic acids is 1. The number of fused-ring (bicyclic) bond motifs is 1. The largest absolute Gasteiger partial charge is 0.493 e. The number of unbranched alkanes of at least 4 members (excludes halogenated alkanes) is 1. The van der Waals surface area contributed by atoms with E-state index < -0.39 is 12.0 Å². The number of carbonyl (C=O) groups is 1. The van der Waals surface area contributed by atoms with Crippen LogP contribution in [0.25, 0.3) is 0 Å². The Morgan fingerprint density at radius 2 is 1.83 bits per heavy atom. The Bertz CT molecular complexity index is 1150. The van der Waals surface area contributed by atoms with E-state index in [0.717, 1.165) is 82.1 Å². The molecule has 1 aromatic carbocycles. The molecule has 11 heteroatoms. The van der Waals surface area contributed by atoms with Crippen LogP contribution in [0, 0.1) is 13.8 Å². The first-order valence-corrected chi connectivity index (χ1v) is 14.7. The van der Waals surface area contributed by atoms with Gasteiger partial charge in [-0.25, -0.2) is 9.97 Å². The van der Waals surface area contributed by atoms with Gasteiger partial charge in [0.25, 0.3) is 5.91 Å². The van der Waals surface area contributed by atoms with Crippen LogP contribution in [0.4, 0.5) is 13.2 Å². The molecule has 0 bridgehead atoms. The number of halogens is 3. The number of nitrogens with zero attached hydrogens (tertiary/aromatic N) is 4. The number of amides is 1. The van der Waals surface area contributed by atoms with Gasteiger partial charge in [0, 0.05) is 57.3 Å². The first-order valence-electron chi connectivity index (χ1n) is 14.7. The maximum absolute atomic E-state index is 13.0.